The number of piperidine rings is 1. The van der Waals surface area contributed by atoms with Gasteiger partial charge in [-0.2, -0.15) is 0 Å². The number of hydrogen-bond acceptors (Lipinski definition) is 7. The Morgan fingerprint density at radius 1 is 1.18 bits per heavy atom. The van der Waals surface area contributed by atoms with Crippen LogP contribution in [0.15, 0.2) is 51.9 Å². The minimum atomic E-state index is -0.668. The SMILES string of the molecule is COc1cccc2cc(C(=O)N3CCC(Oc4ncccn4)CC3)c(=O)oc12. The number of fused-ring (bicyclic) bond motifs is 1. The van der Waals surface area contributed by atoms with Gasteiger partial charge in [-0.3, -0.25) is 4.79 Å². The van der Waals surface area contributed by atoms with Gasteiger partial charge in [0.05, 0.1) is 7.11 Å². The van der Waals surface area contributed by atoms with Gasteiger partial charge in [-0.25, -0.2) is 14.8 Å². The molecule has 28 heavy (non-hydrogen) atoms. The van der Waals surface area contributed by atoms with Gasteiger partial charge in [-0.05, 0) is 18.2 Å². The summed E-state index contributed by atoms with van der Waals surface area (Å²) in [7, 11) is 1.50. The number of nitrogens with zero attached hydrogens (tertiary/aromatic N) is 3. The van der Waals surface area contributed by atoms with Crippen molar-refractivity contribution in [3.8, 4) is 11.8 Å². The first-order valence-corrected chi connectivity index (χ1v) is 8.99. The summed E-state index contributed by atoms with van der Waals surface area (Å²) in [4.78, 5) is 35.0. The van der Waals surface area contributed by atoms with Gasteiger partial charge in [-0.15, -0.1) is 0 Å². The Hall–Kier alpha value is -3.42. The maximum absolute atomic E-state index is 12.9. The molecule has 0 aliphatic carbocycles. The molecule has 0 saturated carbocycles. The summed E-state index contributed by atoms with van der Waals surface area (Å²) in [6, 6.07) is 8.87. The molecule has 2 aromatic heterocycles. The third kappa shape index (κ3) is 3.53. The molecule has 0 N–H and O–H groups in total. The lowest BCUT2D eigenvalue weighted by Crippen LogP contribution is -2.43. The molecule has 3 heterocycles. The molecular weight excluding hydrogens is 362 g/mol. The second kappa shape index (κ2) is 7.67. The minimum Gasteiger partial charge on any atom is -0.493 e. The normalized spacial score (nSPS) is 14.8. The minimum absolute atomic E-state index is 0.0199. The molecule has 8 nitrogen and oxygen atoms in total. The number of rotatable bonds is 4. The van der Waals surface area contributed by atoms with Gasteiger partial charge in [0.1, 0.15) is 11.7 Å². The number of ether oxygens (including phenoxy) is 2. The number of amides is 1. The van der Waals surface area contributed by atoms with Gasteiger partial charge in [0.15, 0.2) is 11.3 Å². The average Bonchev–Trinajstić information content (AvgIpc) is 2.73. The molecule has 1 aromatic carbocycles. The fraction of sp³-hybridized carbons (Fsp3) is 0.300. The van der Waals surface area contributed by atoms with Gasteiger partial charge >= 0.3 is 11.6 Å². The number of carbonyl (C=O) groups excluding carboxylic acids is 1. The van der Waals surface area contributed by atoms with Crippen molar-refractivity contribution in [2.75, 3.05) is 20.2 Å². The zero-order valence-electron chi connectivity index (χ0n) is 15.3. The van der Waals surface area contributed by atoms with Crippen LogP contribution in [0.2, 0.25) is 0 Å². The second-order valence-corrected chi connectivity index (χ2v) is 6.47. The smallest absolute Gasteiger partial charge is 0.349 e. The van der Waals surface area contributed by atoms with Crippen molar-refractivity contribution < 1.29 is 18.7 Å². The quantitative estimate of drug-likeness (QED) is 0.640. The molecule has 0 spiro atoms. The monoisotopic (exact) mass is 381 g/mol. The van der Waals surface area contributed by atoms with Crippen LogP contribution < -0.4 is 15.1 Å². The lowest BCUT2D eigenvalue weighted by atomic mass is 10.1. The van der Waals surface area contributed by atoms with Crippen LogP contribution in [0.4, 0.5) is 0 Å². The summed E-state index contributed by atoms with van der Waals surface area (Å²) in [5.74, 6) is 0.113. The summed E-state index contributed by atoms with van der Waals surface area (Å²) in [5, 5.41) is 0.641. The number of carbonyl (C=O) groups is 1. The van der Waals surface area contributed by atoms with Crippen LogP contribution >= 0.6 is 0 Å². The Balaban J connectivity index is 1.48. The van der Waals surface area contributed by atoms with Crippen LogP contribution in [0.25, 0.3) is 11.0 Å². The summed E-state index contributed by atoms with van der Waals surface area (Å²) >= 11 is 0. The van der Waals surface area contributed by atoms with Crippen LogP contribution in [0, 0.1) is 0 Å². The third-order valence-corrected chi connectivity index (χ3v) is 4.72. The molecule has 1 amide bonds. The largest absolute Gasteiger partial charge is 0.493 e. The number of methoxy groups -OCH3 is 1. The highest BCUT2D eigenvalue weighted by molar-refractivity contribution is 5.97. The Labute approximate surface area is 160 Å². The van der Waals surface area contributed by atoms with E-state index < -0.39 is 5.63 Å². The van der Waals surface area contributed by atoms with Crippen molar-refractivity contribution in [3.05, 3.63) is 58.7 Å². The number of likely N-dealkylation sites (tertiary alicyclic amines) is 1. The van der Waals surface area contributed by atoms with Crippen molar-refractivity contribution in [2.45, 2.75) is 18.9 Å². The molecule has 1 fully saturated rings. The zero-order chi connectivity index (χ0) is 19.5. The average molecular weight is 381 g/mol. The maximum atomic E-state index is 12.9. The molecule has 0 unspecified atom stereocenters. The highest BCUT2D eigenvalue weighted by atomic mass is 16.5. The lowest BCUT2D eigenvalue weighted by molar-refractivity contribution is 0.0575. The molecular formula is C20H19N3O5. The Bertz CT molecular complexity index is 1040. The molecule has 144 valence electrons. The summed E-state index contributed by atoms with van der Waals surface area (Å²) in [6.45, 7) is 0.956. The fourth-order valence-electron chi connectivity index (χ4n) is 3.27. The van der Waals surface area contributed by atoms with Crippen LogP contribution in [0.5, 0.6) is 11.8 Å². The van der Waals surface area contributed by atoms with E-state index in [9.17, 15) is 9.59 Å². The van der Waals surface area contributed by atoms with Gasteiger partial charge < -0.3 is 18.8 Å². The van der Waals surface area contributed by atoms with E-state index in [2.05, 4.69) is 9.97 Å². The first kappa shape index (κ1) is 18.0. The molecule has 4 rings (SSSR count). The standard InChI is InChI=1S/C20H19N3O5/c1-26-16-5-2-4-13-12-15(19(25)28-17(13)16)18(24)23-10-6-14(7-11-23)27-20-21-8-3-9-22-20/h2-5,8-9,12,14H,6-7,10-11H2,1H3. The van der Waals surface area contributed by atoms with E-state index >= 15 is 0 Å². The first-order chi connectivity index (χ1) is 13.7. The molecule has 1 saturated heterocycles. The van der Waals surface area contributed by atoms with E-state index in [-0.39, 0.29) is 17.6 Å². The number of hydrogen-bond donors (Lipinski definition) is 0. The van der Waals surface area contributed by atoms with E-state index in [1.807, 2.05) is 0 Å². The third-order valence-electron chi connectivity index (χ3n) is 4.72. The van der Waals surface area contributed by atoms with Crippen molar-refractivity contribution in [1.82, 2.24) is 14.9 Å². The van der Waals surface area contributed by atoms with E-state index in [0.717, 1.165) is 0 Å². The summed E-state index contributed by atoms with van der Waals surface area (Å²) < 4.78 is 16.3. The van der Waals surface area contributed by atoms with Gasteiger partial charge in [0.25, 0.3) is 5.91 Å². The van der Waals surface area contributed by atoms with E-state index in [1.54, 1.807) is 47.6 Å². The van der Waals surface area contributed by atoms with E-state index in [4.69, 9.17) is 13.9 Å². The maximum Gasteiger partial charge on any atom is 0.349 e. The number of aromatic nitrogens is 2. The van der Waals surface area contributed by atoms with E-state index in [1.165, 1.54) is 7.11 Å². The van der Waals surface area contributed by atoms with Crippen LogP contribution in [0.1, 0.15) is 23.2 Å². The summed E-state index contributed by atoms with van der Waals surface area (Å²) in [6.07, 6.45) is 4.45. The Morgan fingerprint density at radius 3 is 2.64 bits per heavy atom. The Morgan fingerprint density at radius 2 is 1.93 bits per heavy atom. The van der Waals surface area contributed by atoms with Crippen molar-refractivity contribution in [2.24, 2.45) is 0 Å². The van der Waals surface area contributed by atoms with Crippen molar-refractivity contribution >= 4 is 16.9 Å². The molecule has 0 bridgehead atoms. The molecule has 3 aromatic rings. The zero-order valence-corrected chi connectivity index (χ0v) is 15.3. The number of benzene rings is 1. The molecule has 8 heteroatoms. The molecule has 0 atom stereocenters. The molecule has 1 aliphatic heterocycles. The highest BCUT2D eigenvalue weighted by Gasteiger charge is 2.27. The highest BCUT2D eigenvalue weighted by Crippen LogP contribution is 2.25. The van der Waals surface area contributed by atoms with Crippen molar-refractivity contribution in [3.63, 3.8) is 0 Å². The van der Waals surface area contributed by atoms with Gasteiger partial charge in [0, 0.05) is 43.7 Å². The van der Waals surface area contributed by atoms with E-state index in [0.29, 0.717) is 48.7 Å². The van der Waals surface area contributed by atoms with Crippen LogP contribution in [0.3, 0.4) is 0 Å². The lowest BCUT2D eigenvalue weighted by Gasteiger charge is -2.31. The molecule has 1 aliphatic rings. The van der Waals surface area contributed by atoms with Gasteiger partial charge in [0.2, 0.25) is 0 Å². The predicted octanol–water partition coefficient (Wildman–Crippen LogP) is 2.28. The van der Waals surface area contributed by atoms with Gasteiger partial charge in [-0.1, -0.05) is 12.1 Å². The first-order valence-electron chi connectivity index (χ1n) is 8.99. The second-order valence-electron chi connectivity index (χ2n) is 6.47. The fourth-order valence-corrected chi connectivity index (χ4v) is 3.27. The Kier molecular flexibility index (Phi) is 4.92. The predicted molar refractivity (Wildman–Crippen MR) is 101 cm³/mol. The topological polar surface area (TPSA) is 94.8 Å². The summed E-state index contributed by atoms with van der Waals surface area (Å²) in [5.41, 5.74) is -0.314. The van der Waals surface area contributed by atoms with Crippen LogP contribution in [-0.4, -0.2) is 47.1 Å². The van der Waals surface area contributed by atoms with Crippen LogP contribution in [-0.2, 0) is 0 Å². The number of para-hydroxylation sites is 1. The molecule has 0 radical (unpaired) electrons. The van der Waals surface area contributed by atoms with Crippen molar-refractivity contribution in [1.29, 1.82) is 0 Å².